The normalized spacial score (nSPS) is 17.2. The molecule has 0 aliphatic carbocycles. The number of hydrogen-bond donors (Lipinski definition) is 1. The average Bonchev–Trinajstić information content (AvgIpc) is 3.34. The van der Waals surface area contributed by atoms with Gasteiger partial charge in [-0.15, -0.1) is 0 Å². The summed E-state index contributed by atoms with van der Waals surface area (Å²) >= 11 is 6.42. The molecule has 2 amide bonds. The Bertz CT molecular complexity index is 949. The zero-order valence-corrected chi connectivity index (χ0v) is 18.3. The van der Waals surface area contributed by atoms with Crippen molar-refractivity contribution in [3.8, 4) is 0 Å². The molecule has 1 saturated heterocycles. The quantitative estimate of drug-likeness (QED) is 0.788. The van der Waals surface area contributed by atoms with Crippen molar-refractivity contribution in [1.82, 2.24) is 10.2 Å². The van der Waals surface area contributed by atoms with Crippen LogP contribution in [0.4, 0.5) is 5.69 Å². The maximum Gasteiger partial charge on any atom is 0.253 e. The number of hydrogen-bond acceptors (Lipinski definition) is 3. The van der Waals surface area contributed by atoms with Gasteiger partial charge in [-0.3, -0.25) is 9.59 Å². The molecule has 0 spiro atoms. The molecule has 0 unspecified atom stereocenters. The van der Waals surface area contributed by atoms with Crippen molar-refractivity contribution in [2.45, 2.75) is 38.6 Å². The summed E-state index contributed by atoms with van der Waals surface area (Å²) in [5.74, 6) is 0.0629. The summed E-state index contributed by atoms with van der Waals surface area (Å²) in [7, 11) is 0. The lowest BCUT2D eigenvalue weighted by Crippen LogP contribution is -2.38. The van der Waals surface area contributed by atoms with E-state index in [9.17, 15) is 9.59 Å². The van der Waals surface area contributed by atoms with Crippen molar-refractivity contribution in [3.05, 3.63) is 64.2 Å². The number of carbonyl (C=O) groups excluding carboxylic acids is 2. The van der Waals surface area contributed by atoms with Crippen molar-refractivity contribution in [2.75, 3.05) is 31.1 Å². The molecule has 5 nitrogen and oxygen atoms in total. The minimum absolute atomic E-state index is 0.0316. The summed E-state index contributed by atoms with van der Waals surface area (Å²) in [5, 5.41) is 3.75. The van der Waals surface area contributed by atoms with Gasteiger partial charge in [0.1, 0.15) is 0 Å². The fraction of sp³-hybridized carbons (Fsp3) is 0.417. The van der Waals surface area contributed by atoms with Crippen LogP contribution in [0, 0.1) is 0 Å². The maximum absolute atomic E-state index is 12.6. The van der Waals surface area contributed by atoms with Crippen LogP contribution in [0.25, 0.3) is 0 Å². The largest absolute Gasteiger partial charge is 0.361 e. The van der Waals surface area contributed by atoms with E-state index in [0.29, 0.717) is 18.7 Å². The Labute approximate surface area is 183 Å². The van der Waals surface area contributed by atoms with E-state index in [1.54, 1.807) is 0 Å². The first-order chi connectivity index (χ1) is 14.3. The van der Waals surface area contributed by atoms with Crippen LogP contribution >= 0.6 is 11.6 Å². The SMILES string of the molecule is CC1(C)CN(CC(=O)NCc2ccc(C(=O)N3CCCC3)cc2)c2cccc(Cl)c21. The monoisotopic (exact) mass is 425 g/mol. The highest BCUT2D eigenvalue weighted by molar-refractivity contribution is 6.32. The van der Waals surface area contributed by atoms with Gasteiger partial charge in [-0.05, 0) is 42.7 Å². The first-order valence-electron chi connectivity index (χ1n) is 10.5. The summed E-state index contributed by atoms with van der Waals surface area (Å²) in [6, 6.07) is 13.4. The Kier molecular flexibility index (Phi) is 5.74. The number of nitrogens with one attached hydrogen (secondary N) is 1. The summed E-state index contributed by atoms with van der Waals surface area (Å²) in [6.45, 7) is 7.49. The van der Waals surface area contributed by atoms with E-state index >= 15 is 0 Å². The van der Waals surface area contributed by atoms with Crippen molar-refractivity contribution in [3.63, 3.8) is 0 Å². The predicted octanol–water partition coefficient (Wildman–Crippen LogP) is 3.99. The van der Waals surface area contributed by atoms with Crippen LogP contribution < -0.4 is 10.2 Å². The van der Waals surface area contributed by atoms with Gasteiger partial charge in [0.05, 0.1) is 6.54 Å². The second kappa shape index (κ2) is 8.31. The minimum atomic E-state index is -0.0916. The minimum Gasteiger partial charge on any atom is -0.361 e. The zero-order chi connectivity index (χ0) is 21.3. The molecular formula is C24H28ClN3O2. The highest BCUT2D eigenvalue weighted by Crippen LogP contribution is 2.44. The topological polar surface area (TPSA) is 52.7 Å². The lowest BCUT2D eigenvalue weighted by atomic mass is 9.87. The molecule has 0 atom stereocenters. The van der Waals surface area contributed by atoms with Gasteiger partial charge in [0.2, 0.25) is 5.91 Å². The molecule has 30 heavy (non-hydrogen) atoms. The molecule has 2 aliphatic heterocycles. The molecule has 6 heteroatoms. The third-order valence-corrected chi connectivity index (χ3v) is 6.33. The molecule has 0 bridgehead atoms. The van der Waals surface area contributed by atoms with Gasteiger partial charge in [0, 0.05) is 53.4 Å². The number of nitrogens with zero attached hydrogens (tertiary/aromatic N) is 2. The number of halogens is 1. The van der Waals surface area contributed by atoms with Gasteiger partial charge in [-0.25, -0.2) is 0 Å². The Balaban J connectivity index is 1.33. The first-order valence-corrected chi connectivity index (χ1v) is 10.9. The van der Waals surface area contributed by atoms with Crippen LogP contribution in [-0.2, 0) is 16.8 Å². The molecule has 1 N–H and O–H groups in total. The summed E-state index contributed by atoms with van der Waals surface area (Å²) in [5.41, 5.74) is 3.74. The van der Waals surface area contributed by atoms with Crippen molar-refractivity contribution in [2.24, 2.45) is 0 Å². The summed E-state index contributed by atoms with van der Waals surface area (Å²) in [4.78, 5) is 29.0. The van der Waals surface area contributed by atoms with Gasteiger partial charge in [0.25, 0.3) is 5.91 Å². The van der Waals surface area contributed by atoms with Gasteiger partial charge in [0.15, 0.2) is 0 Å². The molecule has 4 rings (SSSR count). The van der Waals surface area contributed by atoms with Crippen LogP contribution in [0.2, 0.25) is 5.02 Å². The van der Waals surface area contributed by atoms with Gasteiger partial charge in [-0.2, -0.15) is 0 Å². The number of carbonyl (C=O) groups is 2. The van der Waals surface area contributed by atoms with Crippen LogP contribution in [0.1, 0.15) is 48.2 Å². The Morgan fingerprint density at radius 2 is 1.77 bits per heavy atom. The Hall–Kier alpha value is -2.53. The first kappa shape index (κ1) is 20.7. The predicted molar refractivity (Wildman–Crippen MR) is 120 cm³/mol. The highest BCUT2D eigenvalue weighted by atomic mass is 35.5. The Morgan fingerprint density at radius 3 is 2.47 bits per heavy atom. The molecule has 0 aromatic heterocycles. The third kappa shape index (κ3) is 4.17. The zero-order valence-electron chi connectivity index (χ0n) is 17.6. The number of amides is 2. The van der Waals surface area contributed by atoms with Gasteiger partial charge >= 0.3 is 0 Å². The van der Waals surface area contributed by atoms with Crippen LogP contribution in [-0.4, -0.2) is 42.9 Å². The second-order valence-corrected chi connectivity index (χ2v) is 9.25. The number of rotatable bonds is 5. The van der Waals surface area contributed by atoms with Crippen LogP contribution in [0.15, 0.2) is 42.5 Å². The van der Waals surface area contributed by atoms with Crippen molar-refractivity contribution >= 4 is 29.1 Å². The van der Waals surface area contributed by atoms with Gasteiger partial charge in [-0.1, -0.05) is 43.6 Å². The number of anilines is 1. The third-order valence-electron chi connectivity index (χ3n) is 6.01. The van der Waals surface area contributed by atoms with Crippen LogP contribution in [0.3, 0.4) is 0 Å². The van der Waals surface area contributed by atoms with Crippen LogP contribution in [0.5, 0.6) is 0 Å². The summed E-state index contributed by atoms with van der Waals surface area (Å²) < 4.78 is 0. The lowest BCUT2D eigenvalue weighted by Gasteiger charge is -2.22. The molecule has 0 saturated carbocycles. The fourth-order valence-electron chi connectivity index (χ4n) is 4.53. The Morgan fingerprint density at radius 1 is 1.07 bits per heavy atom. The molecule has 2 aromatic rings. The smallest absolute Gasteiger partial charge is 0.253 e. The number of fused-ring (bicyclic) bond motifs is 1. The average molecular weight is 426 g/mol. The van der Waals surface area contributed by atoms with Crippen molar-refractivity contribution < 1.29 is 9.59 Å². The number of likely N-dealkylation sites (tertiary alicyclic amines) is 1. The van der Waals surface area contributed by atoms with E-state index in [2.05, 4.69) is 24.1 Å². The van der Waals surface area contributed by atoms with E-state index < -0.39 is 0 Å². The van der Waals surface area contributed by atoms with Crippen molar-refractivity contribution in [1.29, 1.82) is 0 Å². The maximum atomic E-state index is 12.6. The molecule has 2 aromatic carbocycles. The van der Waals surface area contributed by atoms with Gasteiger partial charge < -0.3 is 15.1 Å². The second-order valence-electron chi connectivity index (χ2n) is 8.85. The standard InChI is InChI=1S/C24H28ClN3O2/c1-24(2)16-28(20-7-5-6-19(25)22(20)24)15-21(29)26-14-17-8-10-18(11-9-17)23(30)27-12-3-4-13-27/h5-11H,3-4,12-16H2,1-2H3,(H,26,29). The molecule has 1 fully saturated rings. The molecule has 0 radical (unpaired) electrons. The van der Waals surface area contributed by atoms with E-state index in [0.717, 1.165) is 54.3 Å². The number of benzene rings is 2. The highest BCUT2D eigenvalue weighted by Gasteiger charge is 2.37. The fourth-order valence-corrected chi connectivity index (χ4v) is 4.95. The molecule has 158 valence electrons. The molecule has 2 aliphatic rings. The van der Waals surface area contributed by atoms with E-state index in [-0.39, 0.29) is 17.2 Å². The molecular weight excluding hydrogens is 398 g/mol. The van der Waals surface area contributed by atoms with E-state index in [1.165, 1.54) is 0 Å². The summed E-state index contributed by atoms with van der Waals surface area (Å²) in [6.07, 6.45) is 2.17. The van der Waals surface area contributed by atoms with E-state index in [1.807, 2.05) is 47.4 Å². The lowest BCUT2D eigenvalue weighted by molar-refractivity contribution is -0.119. The molecule has 2 heterocycles. The van der Waals surface area contributed by atoms with E-state index in [4.69, 9.17) is 11.6 Å².